The molecule has 2 N–H and O–H groups in total. The summed E-state index contributed by atoms with van der Waals surface area (Å²) in [4.78, 5) is 23.4. The number of Topliss-reactive ketones (excluding diaryl/α,β-unsaturated/α-hetero) is 1. The zero-order valence-corrected chi connectivity index (χ0v) is 12.9. The highest BCUT2D eigenvalue weighted by Crippen LogP contribution is 2.18. The lowest BCUT2D eigenvalue weighted by atomic mass is 9.90. The van der Waals surface area contributed by atoms with Crippen LogP contribution in [0.25, 0.3) is 0 Å². The molecule has 0 bridgehead atoms. The Labute approximate surface area is 126 Å². The van der Waals surface area contributed by atoms with Crippen LogP contribution in [0.4, 0.5) is 0 Å². The lowest BCUT2D eigenvalue weighted by Crippen LogP contribution is -2.32. The van der Waals surface area contributed by atoms with Crippen molar-refractivity contribution in [3.05, 3.63) is 35.9 Å². The number of rotatable bonds is 9. The van der Waals surface area contributed by atoms with Gasteiger partial charge >= 0.3 is 0 Å². The van der Waals surface area contributed by atoms with E-state index in [-0.39, 0.29) is 24.7 Å². The van der Waals surface area contributed by atoms with Gasteiger partial charge in [-0.05, 0) is 17.4 Å². The van der Waals surface area contributed by atoms with E-state index in [1.54, 1.807) is 0 Å². The van der Waals surface area contributed by atoms with Crippen molar-refractivity contribution in [2.24, 2.45) is 5.41 Å². The highest BCUT2D eigenvalue weighted by Gasteiger charge is 2.20. The molecule has 0 unspecified atom stereocenters. The van der Waals surface area contributed by atoms with Gasteiger partial charge in [-0.1, -0.05) is 44.2 Å². The third-order valence-corrected chi connectivity index (χ3v) is 3.33. The van der Waals surface area contributed by atoms with Crippen molar-refractivity contribution >= 4 is 11.7 Å². The Balaban J connectivity index is 2.17. The van der Waals surface area contributed by atoms with Gasteiger partial charge in [0.2, 0.25) is 5.91 Å². The molecule has 0 atom stereocenters. The Morgan fingerprint density at radius 2 is 1.81 bits per heavy atom. The van der Waals surface area contributed by atoms with Gasteiger partial charge < -0.3 is 10.4 Å². The Hall–Kier alpha value is -1.68. The highest BCUT2D eigenvalue weighted by molar-refractivity contribution is 5.80. The average molecular weight is 291 g/mol. The summed E-state index contributed by atoms with van der Waals surface area (Å²) in [6.07, 6.45) is 1.87. The van der Waals surface area contributed by atoms with E-state index in [1.807, 2.05) is 44.2 Å². The fourth-order valence-corrected chi connectivity index (χ4v) is 1.95. The summed E-state index contributed by atoms with van der Waals surface area (Å²) in [5, 5.41) is 11.8. The van der Waals surface area contributed by atoms with E-state index >= 15 is 0 Å². The number of ketones is 1. The lowest BCUT2D eigenvalue weighted by molar-refractivity contribution is -0.123. The minimum Gasteiger partial charge on any atom is -0.396 e. The first kappa shape index (κ1) is 17.4. The van der Waals surface area contributed by atoms with Crippen LogP contribution in [0.5, 0.6) is 0 Å². The molecule has 0 aromatic heterocycles. The van der Waals surface area contributed by atoms with Crippen molar-refractivity contribution in [3.8, 4) is 0 Å². The van der Waals surface area contributed by atoms with E-state index in [0.717, 1.165) is 12.0 Å². The molecule has 0 aliphatic heterocycles. The van der Waals surface area contributed by atoms with Crippen LogP contribution < -0.4 is 5.32 Å². The molecule has 0 radical (unpaired) electrons. The SMILES string of the molecule is CC(C)(CO)CC(=O)NCCC(=O)CCc1ccccc1. The molecule has 1 aromatic rings. The van der Waals surface area contributed by atoms with Crippen molar-refractivity contribution in [2.75, 3.05) is 13.2 Å². The third kappa shape index (κ3) is 7.61. The van der Waals surface area contributed by atoms with Crippen LogP contribution in [-0.2, 0) is 16.0 Å². The molecule has 0 spiro atoms. The van der Waals surface area contributed by atoms with Gasteiger partial charge in [0, 0.05) is 32.4 Å². The smallest absolute Gasteiger partial charge is 0.220 e. The number of aliphatic hydroxyl groups is 1. The zero-order chi connectivity index (χ0) is 15.7. The van der Waals surface area contributed by atoms with E-state index in [4.69, 9.17) is 5.11 Å². The van der Waals surface area contributed by atoms with E-state index < -0.39 is 5.41 Å². The van der Waals surface area contributed by atoms with Gasteiger partial charge in [0.15, 0.2) is 0 Å². The number of nitrogens with one attached hydrogen (secondary N) is 1. The van der Waals surface area contributed by atoms with Crippen molar-refractivity contribution < 1.29 is 14.7 Å². The van der Waals surface area contributed by atoms with Gasteiger partial charge in [-0.3, -0.25) is 9.59 Å². The van der Waals surface area contributed by atoms with Crippen molar-refractivity contribution in [1.82, 2.24) is 5.32 Å². The van der Waals surface area contributed by atoms with Crippen LogP contribution in [0.2, 0.25) is 0 Å². The van der Waals surface area contributed by atoms with Gasteiger partial charge in [-0.25, -0.2) is 0 Å². The van der Waals surface area contributed by atoms with E-state index in [1.165, 1.54) is 0 Å². The minimum atomic E-state index is -0.415. The summed E-state index contributed by atoms with van der Waals surface area (Å²) in [7, 11) is 0. The molecule has 0 saturated heterocycles. The number of aliphatic hydroxyl groups excluding tert-OH is 1. The normalized spacial score (nSPS) is 11.2. The average Bonchev–Trinajstić information content (AvgIpc) is 2.46. The maximum atomic E-state index is 11.7. The summed E-state index contributed by atoms with van der Waals surface area (Å²) in [5.41, 5.74) is 0.737. The Kier molecular flexibility index (Phi) is 7.09. The molecule has 0 fully saturated rings. The second kappa shape index (κ2) is 8.57. The summed E-state index contributed by atoms with van der Waals surface area (Å²) in [5.74, 6) is 0.0329. The maximum Gasteiger partial charge on any atom is 0.220 e. The maximum absolute atomic E-state index is 11.7. The van der Waals surface area contributed by atoms with Crippen molar-refractivity contribution in [2.45, 2.75) is 39.5 Å². The molecular formula is C17H25NO3. The second-order valence-corrected chi connectivity index (χ2v) is 6.12. The molecule has 4 heteroatoms. The molecule has 4 nitrogen and oxygen atoms in total. The lowest BCUT2D eigenvalue weighted by Gasteiger charge is -2.20. The van der Waals surface area contributed by atoms with E-state index in [0.29, 0.717) is 19.4 Å². The molecule has 1 aromatic carbocycles. The van der Waals surface area contributed by atoms with E-state index in [9.17, 15) is 9.59 Å². The first-order chi connectivity index (χ1) is 9.93. The summed E-state index contributed by atoms with van der Waals surface area (Å²) in [6.45, 7) is 4.00. The molecule has 1 amide bonds. The number of hydrogen-bond donors (Lipinski definition) is 2. The molecule has 1 rings (SSSR count). The topological polar surface area (TPSA) is 66.4 Å². The molecular weight excluding hydrogens is 266 g/mol. The van der Waals surface area contributed by atoms with Crippen molar-refractivity contribution in [3.63, 3.8) is 0 Å². The molecule has 116 valence electrons. The highest BCUT2D eigenvalue weighted by atomic mass is 16.3. The third-order valence-electron chi connectivity index (χ3n) is 3.33. The Bertz CT molecular complexity index is 454. The van der Waals surface area contributed by atoms with Crippen LogP contribution in [0.3, 0.4) is 0 Å². The summed E-state index contributed by atoms with van der Waals surface area (Å²) in [6, 6.07) is 9.89. The molecule has 0 aliphatic carbocycles. The van der Waals surface area contributed by atoms with Crippen LogP contribution in [0.1, 0.15) is 38.7 Å². The number of amides is 1. The fourth-order valence-electron chi connectivity index (χ4n) is 1.95. The molecule has 21 heavy (non-hydrogen) atoms. The van der Waals surface area contributed by atoms with Gasteiger partial charge in [0.05, 0.1) is 0 Å². The first-order valence-corrected chi connectivity index (χ1v) is 7.36. The second-order valence-electron chi connectivity index (χ2n) is 6.12. The largest absolute Gasteiger partial charge is 0.396 e. The van der Waals surface area contributed by atoms with Crippen LogP contribution in [0.15, 0.2) is 30.3 Å². The zero-order valence-electron chi connectivity index (χ0n) is 12.9. The predicted molar refractivity (Wildman–Crippen MR) is 82.9 cm³/mol. The van der Waals surface area contributed by atoms with Gasteiger partial charge in [-0.2, -0.15) is 0 Å². The standard InChI is InChI=1S/C17H25NO3/c1-17(2,13-19)12-16(21)18-11-10-15(20)9-8-14-6-4-3-5-7-14/h3-7,19H,8-13H2,1-2H3,(H,18,21). The Morgan fingerprint density at radius 3 is 2.43 bits per heavy atom. The summed E-state index contributed by atoms with van der Waals surface area (Å²) < 4.78 is 0. The quantitative estimate of drug-likeness (QED) is 0.732. The monoisotopic (exact) mass is 291 g/mol. The van der Waals surface area contributed by atoms with Gasteiger partial charge in [0.25, 0.3) is 0 Å². The number of carbonyl (C=O) groups excluding carboxylic acids is 2. The predicted octanol–water partition coefficient (Wildman–Crippen LogP) is 2.10. The fraction of sp³-hybridized carbons (Fsp3) is 0.529. The number of aryl methyl sites for hydroxylation is 1. The number of benzene rings is 1. The molecule has 0 heterocycles. The van der Waals surface area contributed by atoms with Crippen LogP contribution in [0, 0.1) is 5.41 Å². The molecule has 0 saturated carbocycles. The number of hydrogen-bond acceptors (Lipinski definition) is 3. The summed E-state index contributed by atoms with van der Waals surface area (Å²) >= 11 is 0. The first-order valence-electron chi connectivity index (χ1n) is 7.36. The van der Waals surface area contributed by atoms with Gasteiger partial charge in [0.1, 0.15) is 5.78 Å². The minimum absolute atomic E-state index is 0.0313. The molecule has 0 aliphatic rings. The van der Waals surface area contributed by atoms with Crippen molar-refractivity contribution in [1.29, 1.82) is 0 Å². The van der Waals surface area contributed by atoms with E-state index in [2.05, 4.69) is 5.32 Å². The number of carbonyl (C=O) groups is 2. The van der Waals surface area contributed by atoms with Crippen LogP contribution >= 0.6 is 0 Å². The van der Waals surface area contributed by atoms with Gasteiger partial charge in [-0.15, -0.1) is 0 Å². The van der Waals surface area contributed by atoms with Crippen LogP contribution in [-0.4, -0.2) is 29.9 Å². The Morgan fingerprint density at radius 1 is 1.14 bits per heavy atom.